The van der Waals surface area contributed by atoms with Gasteiger partial charge in [-0.05, 0) is 30.5 Å². The van der Waals surface area contributed by atoms with Crippen LogP contribution in [0.1, 0.15) is 32.3 Å². The summed E-state index contributed by atoms with van der Waals surface area (Å²) in [6.07, 6.45) is 1.80. The van der Waals surface area contributed by atoms with Crippen LogP contribution < -0.4 is 5.73 Å². The van der Waals surface area contributed by atoms with Crippen molar-refractivity contribution in [2.45, 2.75) is 43.3 Å². The lowest BCUT2D eigenvalue weighted by Crippen LogP contribution is -2.42. The highest BCUT2D eigenvalue weighted by Gasteiger charge is 2.25. The molecule has 1 aliphatic heterocycles. The Morgan fingerprint density at radius 1 is 1.23 bits per heavy atom. The zero-order valence-electron chi connectivity index (χ0n) is 13.2. The minimum atomic E-state index is -0.245. The maximum atomic E-state index is 12.3. The molecule has 120 valence electrons. The number of likely N-dealkylation sites (tertiary alicyclic amines) is 1. The van der Waals surface area contributed by atoms with Crippen molar-refractivity contribution in [1.82, 2.24) is 4.90 Å². The van der Waals surface area contributed by atoms with Crippen molar-refractivity contribution in [1.29, 1.82) is 0 Å². The lowest BCUT2D eigenvalue weighted by molar-refractivity contribution is -0.134. The van der Waals surface area contributed by atoms with E-state index in [4.69, 9.17) is 5.73 Å². The molecular formula is C17H24N2O2S. The molecule has 0 bridgehead atoms. The Bertz CT molecular complexity index is 520. The Morgan fingerprint density at radius 2 is 1.82 bits per heavy atom. The highest BCUT2D eigenvalue weighted by molar-refractivity contribution is 7.99. The van der Waals surface area contributed by atoms with E-state index in [1.165, 1.54) is 4.90 Å². The summed E-state index contributed by atoms with van der Waals surface area (Å²) in [7, 11) is 0. The minimum absolute atomic E-state index is 0.0728. The average Bonchev–Trinajstić information content (AvgIpc) is 2.49. The smallest absolute Gasteiger partial charge is 0.226 e. The van der Waals surface area contributed by atoms with Crippen LogP contribution in [0.4, 0.5) is 0 Å². The summed E-state index contributed by atoms with van der Waals surface area (Å²) in [6, 6.07) is 8.21. The fourth-order valence-electron chi connectivity index (χ4n) is 2.66. The van der Waals surface area contributed by atoms with Gasteiger partial charge in [0, 0.05) is 29.2 Å². The predicted octanol–water partition coefficient (Wildman–Crippen LogP) is 2.45. The van der Waals surface area contributed by atoms with Crippen molar-refractivity contribution in [3.63, 3.8) is 0 Å². The van der Waals surface area contributed by atoms with Gasteiger partial charge in [-0.1, -0.05) is 26.0 Å². The van der Waals surface area contributed by atoms with Crippen molar-refractivity contribution >= 4 is 23.6 Å². The highest BCUT2D eigenvalue weighted by atomic mass is 32.2. The fourth-order valence-corrected chi connectivity index (χ4v) is 3.50. The number of nitrogens with two attached hydrogens (primary N) is 1. The quantitative estimate of drug-likeness (QED) is 0.848. The van der Waals surface area contributed by atoms with E-state index in [0.29, 0.717) is 37.6 Å². The molecule has 2 rings (SSSR count). The normalized spacial score (nSPS) is 16.0. The summed E-state index contributed by atoms with van der Waals surface area (Å²) in [5, 5.41) is 0.555. The van der Waals surface area contributed by atoms with Gasteiger partial charge in [-0.3, -0.25) is 9.59 Å². The number of hydrogen-bond acceptors (Lipinski definition) is 3. The molecule has 5 heteroatoms. The molecule has 0 aromatic heterocycles. The molecule has 2 N–H and O–H groups in total. The Kier molecular flexibility index (Phi) is 5.89. The van der Waals surface area contributed by atoms with Gasteiger partial charge in [-0.2, -0.15) is 0 Å². The van der Waals surface area contributed by atoms with Crippen molar-refractivity contribution in [2.75, 3.05) is 13.1 Å². The third kappa shape index (κ3) is 4.77. The maximum absolute atomic E-state index is 12.3. The standard InChI is InChI=1S/C17H24N2O2S/c1-12(2)22-15-5-3-13(4-6-15)11-16(20)19-9-7-14(8-10-19)17(18)21/h3-6,12,14H,7-11H2,1-2H3,(H2,18,21). The van der Waals surface area contributed by atoms with E-state index in [1.54, 1.807) is 0 Å². The van der Waals surface area contributed by atoms with Crippen molar-refractivity contribution in [3.8, 4) is 0 Å². The van der Waals surface area contributed by atoms with E-state index in [1.807, 2.05) is 28.8 Å². The second kappa shape index (κ2) is 7.68. The first-order chi connectivity index (χ1) is 10.5. The average molecular weight is 320 g/mol. The number of primary amides is 1. The largest absolute Gasteiger partial charge is 0.369 e. The van der Waals surface area contributed by atoms with Crippen LogP contribution in [-0.4, -0.2) is 35.1 Å². The number of rotatable bonds is 5. The van der Waals surface area contributed by atoms with Crippen LogP contribution in [0, 0.1) is 5.92 Å². The number of carbonyl (C=O) groups is 2. The third-order valence-electron chi connectivity index (χ3n) is 3.90. The summed E-state index contributed by atoms with van der Waals surface area (Å²) < 4.78 is 0. The molecule has 0 atom stereocenters. The van der Waals surface area contributed by atoms with Crippen LogP contribution >= 0.6 is 11.8 Å². The number of hydrogen-bond donors (Lipinski definition) is 1. The second-order valence-corrected chi connectivity index (χ2v) is 7.69. The summed E-state index contributed by atoms with van der Waals surface area (Å²) in [6.45, 7) is 5.59. The first-order valence-electron chi connectivity index (χ1n) is 7.78. The minimum Gasteiger partial charge on any atom is -0.369 e. The van der Waals surface area contributed by atoms with E-state index in [-0.39, 0.29) is 17.7 Å². The maximum Gasteiger partial charge on any atom is 0.226 e. The van der Waals surface area contributed by atoms with Gasteiger partial charge in [0.15, 0.2) is 0 Å². The van der Waals surface area contributed by atoms with E-state index in [2.05, 4.69) is 26.0 Å². The Hall–Kier alpha value is -1.49. The van der Waals surface area contributed by atoms with E-state index >= 15 is 0 Å². The monoisotopic (exact) mass is 320 g/mol. The molecule has 1 heterocycles. The zero-order chi connectivity index (χ0) is 16.1. The van der Waals surface area contributed by atoms with Gasteiger partial charge in [0.2, 0.25) is 11.8 Å². The summed E-state index contributed by atoms with van der Waals surface area (Å²) >= 11 is 1.82. The van der Waals surface area contributed by atoms with Crippen molar-refractivity contribution < 1.29 is 9.59 Å². The van der Waals surface area contributed by atoms with Gasteiger partial charge in [0.05, 0.1) is 6.42 Å². The zero-order valence-corrected chi connectivity index (χ0v) is 14.1. The first kappa shape index (κ1) is 16.9. The molecule has 0 unspecified atom stereocenters. The van der Waals surface area contributed by atoms with Crippen LogP contribution in [0.2, 0.25) is 0 Å². The van der Waals surface area contributed by atoms with E-state index < -0.39 is 0 Å². The van der Waals surface area contributed by atoms with Gasteiger partial charge in [0.1, 0.15) is 0 Å². The molecule has 1 aromatic carbocycles. The summed E-state index contributed by atoms with van der Waals surface area (Å²) in [4.78, 5) is 26.5. The fraction of sp³-hybridized carbons (Fsp3) is 0.529. The highest BCUT2D eigenvalue weighted by Crippen LogP contribution is 2.23. The number of carbonyl (C=O) groups excluding carboxylic acids is 2. The Balaban J connectivity index is 1.86. The summed E-state index contributed by atoms with van der Waals surface area (Å²) in [5.41, 5.74) is 6.35. The van der Waals surface area contributed by atoms with Gasteiger partial charge < -0.3 is 10.6 Å². The Labute approximate surface area is 136 Å². The molecule has 0 aliphatic carbocycles. The van der Waals surface area contributed by atoms with Gasteiger partial charge >= 0.3 is 0 Å². The van der Waals surface area contributed by atoms with E-state index in [9.17, 15) is 9.59 Å². The molecule has 0 saturated carbocycles. The summed E-state index contributed by atoms with van der Waals surface area (Å²) in [5.74, 6) is -0.186. The Morgan fingerprint density at radius 3 is 2.32 bits per heavy atom. The molecule has 1 saturated heterocycles. The predicted molar refractivity (Wildman–Crippen MR) is 89.6 cm³/mol. The molecule has 1 aliphatic rings. The third-order valence-corrected chi connectivity index (χ3v) is 4.92. The molecule has 22 heavy (non-hydrogen) atoms. The van der Waals surface area contributed by atoms with Crippen LogP contribution in [0.5, 0.6) is 0 Å². The molecular weight excluding hydrogens is 296 g/mol. The van der Waals surface area contributed by atoms with E-state index in [0.717, 1.165) is 5.56 Å². The van der Waals surface area contributed by atoms with Crippen LogP contribution in [0.3, 0.4) is 0 Å². The van der Waals surface area contributed by atoms with Crippen molar-refractivity contribution in [2.24, 2.45) is 11.7 Å². The number of nitrogens with zero attached hydrogens (tertiary/aromatic N) is 1. The number of thioether (sulfide) groups is 1. The molecule has 0 radical (unpaired) electrons. The lowest BCUT2D eigenvalue weighted by Gasteiger charge is -2.30. The molecule has 0 spiro atoms. The number of amides is 2. The topological polar surface area (TPSA) is 63.4 Å². The number of benzene rings is 1. The van der Waals surface area contributed by atoms with Gasteiger partial charge in [-0.15, -0.1) is 11.8 Å². The molecule has 1 fully saturated rings. The van der Waals surface area contributed by atoms with Crippen molar-refractivity contribution in [3.05, 3.63) is 29.8 Å². The van der Waals surface area contributed by atoms with Crippen LogP contribution in [0.25, 0.3) is 0 Å². The molecule has 1 aromatic rings. The molecule has 4 nitrogen and oxygen atoms in total. The lowest BCUT2D eigenvalue weighted by atomic mass is 9.96. The molecule has 2 amide bonds. The van der Waals surface area contributed by atoms with Gasteiger partial charge in [-0.25, -0.2) is 0 Å². The van der Waals surface area contributed by atoms with Crippen LogP contribution in [0.15, 0.2) is 29.2 Å². The van der Waals surface area contributed by atoms with Gasteiger partial charge in [0.25, 0.3) is 0 Å². The second-order valence-electron chi connectivity index (χ2n) is 6.04. The SMILES string of the molecule is CC(C)Sc1ccc(CC(=O)N2CCC(C(N)=O)CC2)cc1. The first-order valence-corrected chi connectivity index (χ1v) is 8.66. The van der Waals surface area contributed by atoms with Crippen LogP contribution in [-0.2, 0) is 16.0 Å². The number of piperidine rings is 1.